The number of nitrogens with zero attached hydrogens (tertiary/aromatic N) is 1. The van der Waals surface area contributed by atoms with Crippen molar-refractivity contribution in [2.45, 2.75) is 13.8 Å². The van der Waals surface area contributed by atoms with Gasteiger partial charge < -0.3 is 9.47 Å². The summed E-state index contributed by atoms with van der Waals surface area (Å²) in [5.74, 6) is -0.271. The molecule has 1 amide bonds. The van der Waals surface area contributed by atoms with Crippen molar-refractivity contribution in [3.8, 4) is 5.75 Å². The lowest BCUT2D eigenvalue weighted by Crippen LogP contribution is -2.18. The molecule has 0 saturated carbocycles. The Bertz CT molecular complexity index is 754. The van der Waals surface area contributed by atoms with Gasteiger partial charge in [0, 0.05) is 11.1 Å². The van der Waals surface area contributed by atoms with Crippen LogP contribution in [0.15, 0.2) is 53.6 Å². The second kappa shape index (κ2) is 9.22. The van der Waals surface area contributed by atoms with Gasteiger partial charge in [-0.2, -0.15) is 5.10 Å². The molecule has 2 aromatic rings. The Kier molecular flexibility index (Phi) is 6.71. The SMILES string of the molecule is CCOC(=O)COc1ccccc1C=NNC(=O)c1ccc(C)cc1. The topological polar surface area (TPSA) is 77.0 Å². The number of para-hydroxylation sites is 1. The number of rotatable bonds is 7. The quantitative estimate of drug-likeness (QED) is 0.478. The molecule has 6 nitrogen and oxygen atoms in total. The van der Waals surface area contributed by atoms with E-state index in [9.17, 15) is 9.59 Å². The zero-order chi connectivity index (χ0) is 18.1. The Hall–Kier alpha value is -3.15. The zero-order valence-electron chi connectivity index (χ0n) is 14.2. The van der Waals surface area contributed by atoms with Crippen molar-refractivity contribution < 1.29 is 19.1 Å². The van der Waals surface area contributed by atoms with Gasteiger partial charge in [0.05, 0.1) is 12.8 Å². The van der Waals surface area contributed by atoms with Crippen molar-refractivity contribution in [3.05, 3.63) is 65.2 Å². The molecule has 2 aromatic carbocycles. The van der Waals surface area contributed by atoms with Crippen LogP contribution in [0.1, 0.15) is 28.4 Å². The average Bonchev–Trinajstić information content (AvgIpc) is 2.61. The van der Waals surface area contributed by atoms with E-state index in [4.69, 9.17) is 9.47 Å². The van der Waals surface area contributed by atoms with Gasteiger partial charge in [0.15, 0.2) is 6.61 Å². The summed E-state index contributed by atoms with van der Waals surface area (Å²) in [6, 6.07) is 14.2. The number of nitrogens with one attached hydrogen (secondary N) is 1. The number of hydrazone groups is 1. The van der Waals surface area contributed by atoms with Gasteiger partial charge in [0.1, 0.15) is 5.75 Å². The van der Waals surface area contributed by atoms with E-state index in [1.54, 1.807) is 43.3 Å². The highest BCUT2D eigenvalue weighted by Crippen LogP contribution is 2.15. The molecule has 0 heterocycles. The molecular weight excluding hydrogens is 320 g/mol. The minimum atomic E-state index is -0.443. The fourth-order valence-corrected chi connectivity index (χ4v) is 1.99. The van der Waals surface area contributed by atoms with E-state index in [2.05, 4.69) is 10.5 Å². The van der Waals surface area contributed by atoms with E-state index in [-0.39, 0.29) is 12.5 Å². The highest BCUT2D eigenvalue weighted by Gasteiger charge is 2.06. The van der Waals surface area contributed by atoms with Crippen LogP contribution in [0, 0.1) is 6.92 Å². The van der Waals surface area contributed by atoms with Gasteiger partial charge in [-0.1, -0.05) is 29.8 Å². The Labute approximate surface area is 146 Å². The second-order valence-corrected chi connectivity index (χ2v) is 5.20. The first kappa shape index (κ1) is 18.2. The van der Waals surface area contributed by atoms with Crippen LogP contribution >= 0.6 is 0 Å². The summed E-state index contributed by atoms with van der Waals surface area (Å²) in [7, 11) is 0. The zero-order valence-corrected chi connectivity index (χ0v) is 14.2. The van der Waals surface area contributed by atoms with Crippen molar-refractivity contribution in [1.82, 2.24) is 5.43 Å². The minimum absolute atomic E-state index is 0.186. The lowest BCUT2D eigenvalue weighted by atomic mass is 10.1. The molecule has 25 heavy (non-hydrogen) atoms. The molecule has 130 valence electrons. The summed E-state index contributed by atoms with van der Waals surface area (Å²) in [6.07, 6.45) is 1.46. The molecule has 0 fully saturated rings. The Morgan fingerprint density at radius 3 is 2.56 bits per heavy atom. The highest BCUT2D eigenvalue weighted by molar-refractivity contribution is 5.95. The van der Waals surface area contributed by atoms with Crippen molar-refractivity contribution in [1.29, 1.82) is 0 Å². The first-order valence-electron chi connectivity index (χ1n) is 7.87. The average molecular weight is 340 g/mol. The van der Waals surface area contributed by atoms with E-state index >= 15 is 0 Å². The molecular formula is C19H20N2O4. The maximum atomic E-state index is 12.0. The lowest BCUT2D eigenvalue weighted by molar-refractivity contribution is -0.145. The van der Waals surface area contributed by atoms with E-state index in [0.29, 0.717) is 23.5 Å². The molecule has 0 aliphatic carbocycles. The number of esters is 1. The fraction of sp³-hybridized carbons (Fsp3) is 0.211. The fourth-order valence-electron chi connectivity index (χ4n) is 1.99. The summed E-state index contributed by atoms with van der Waals surface area (Å²) >= 11 is 0. The number of amides is 1. The third-order valence-corrected chi connectivity index (χ3v) is 3.25. The van der Waals surface area contributed by atoms with Crippen molar-refractivity contribution >= 4 is 18.1 Å². The molecule has 0 aromatic heterocycles. The minimum Gasteiger partial charge on any atom is -0.481 e. The van der Waals surface area contributed by atoms with Crippen LogP contribution in [0.3, 0.4) is 0 Å². The number of carbonyl (C=O) groups is 2. The first-order valence-corrected chi connectivity index (χ1v) is 7.87. The van der Waals surface area contributed by atoms with Crippen LogP contribution in [0.4, 0.5) is 0 Å². The number of aryl methyl sites for hydroxylation is 1. The molecule has 2 rings (SSSR count). The summed E-state index contributed by atoms with van der Waals surface area (Å²) in [4.78, 5) is 23.4. The molecule has 0 bridgehead atoms. The van der Waals surface area contributed by atoms with Gasteiger partial charge in [0.2, 0.25) is 0 Å². The summed E-state index contributed by atoms with van der Waals surface area (Å²) < 4.78 is 10.2. The number of carbonyl (C=O) groups excluding carboxylic acids is 2. The van der Waals surface area contributed by atoms with Crippen molar-refractivity contribution in [3.63, 3.8) is 0 Å². The molecule has 0 aliphatic heterocycles. The Morgan fingerprint density at radius 2 is 1.84 bits per heavy atom. The van der Waals surface area contributed by atoms with Gasteiger partial charge >= 0.3 is 5.97 Å². The normalized spacial score (nSPS) is 10.5. The number of hydrogen-bond donors (Lipinski definition) is 1. The number of hydrogen-bond acceptors (Lipinski definition) is 5. The molecule has 0 radical (unpaired) electrons. The summed E-state index contributed by atoms with van der Waals surface area (Å²) in [5.41, 5.74) is 4.70. The Morgan fingerprint density at radius 1 is 1.12 bits per heavy atom. The third-order valence-electron chi connectivity index (χ3n) is 3.25. The van der Waals surface area contributed by atoms with Crippen LogP contribution in [0.25, 0.3) is 0 Å². The van der Waals surface area contributed by atoms with Crippen LogP contribution in [-0.4, -0.2) is 31.3 Å². The molecule has 0 aliphatic rings. The maximum absolute atomic E-state index is 12.0. The van der Waals surface area contributed by atoms with Crippen molar-refractivity contribution in [2.24, 2.45) is 5.10 Å². The standard InChI is InChI=1S/C19H20N2O4/c1-3-24-18(22)13-25-17-7-5-4-6-16(17)12-20-21-19(23)15-10-8-14(2)9-11-15/h4-12H,3,13H2,1-2H3,(H,21,23). The van der Waals surface area contributed by atoms with Crippen molar-refractivity contribution in [2.75, 3.05) is 13.2 Å². The van der Waals surface area contributed by atoms with E-state index in [0.717, 1.165) is 5.56 Å². The number of benzene rings is 2. The van der Waals surface area contributed by atoms with Gasteiger partial charge in [-0.15, -0.1) is 0 Å². The van der Waals surface area contributed by atoms with Gasteiger partial charge in [0.25, 0.3) is 5.91 Å². The van der Waals surface area contributed by atoms with E-state index < -0.39 is 5.97 Å². The second-order valence-electron chi connectivity index (χ2n) is 5.20. The summed E-state index contributed by atoms with van der Waals surface area (Å²) in [6.45, 7) is 3.80. The van der Waals surface area contributed by atoms with Gasteiger partial charge in [-0.05, 0) is 38.1 Å². The van der Waals surface area contributed by atoms with Gasteiger partial charge in [-0.3, -0.25) is 4.79 Å². The molecule has 6 heteroatoms. The molecule has 0 saturated heterocycles. The largest absolute Gasteiger partial charge is 0.481 e. The third kappa shape index (κ3) is 5.76. The molecule has 0 atom stereocenters. The van der Waals surface area contributed by atoms with Crippen LogP contribution in [0.2, 0.25) is 0 Å². The van der Waals surface area contributed by atoms with E-state index in [1.807, 2.05) is 19.1 Å². The Balaban J connectivity index is 1.97. The lowest BCUT2D eigenvalue weighted by Gasteiger charge is -2.08. The summed E-state index contributed by atoms with van der Waals surface area (Å²) in [5, 5.41) is 3.94. The molecule has 0 spiro atoms. The predicted octanol–water partition coefficient (Wildman–Crippen LogP) is 2.70. The first-order chi connectivity index (χ1) is 12.1. The van der Waals surface area contributed by atoms with Crippen LogP contribution in [0.5, 0.6) is 5.75 Å². The molecule has 0 unspecified atom stereocenters. The number of ether oxygens (including phenoxy) is 2. The van der Waals surface area contributed by atoms with Crippen LogP contribution in [-0.2, 0) is 9.53 Å². The monoisotopic (exact) mass is 340 g/mol. The van der Waals surface area contributed by atoms with Crippen LogP contribution < -0.4 is 10.2 Å². The maximum Gasteiger partial charge on any atom is 0.344 e. The van der Waals surface area contributed by atoms with Gasteiger partial charge in [-0.25, -0.2) is 10.2 Å². The molecule has 1 N–H and O–H groups in total. The van der Waals surface area contributed by atoms with E-state index in [1.165, 1.54) is 6.21 Å². The predicted molar refractivity (Wildman–Crippen MR) is 94.8 cm³/mol. The smallest absolute Gasteiger partial charge is 0.344 e. The highest BCUT2D eigenvalue weighted by atomic mass is 16.6.